The Hall–Kier alpha value is 0.680. The molecule has 1 radical (unpaired) electrons. The first kappa shape index (κ1) is 29.4. The van der Waals surface area contributed by atoms with Crippen molar-refractivity contribution in [1.29, 1.82) is 0 Å². The second-order valence-corrected chi connectivity index (χ2v) is 6.09. The maximum absolute atomic E-state index is 11.8. The molecule has 143 valence electrons. The average Bonchev–Trinajstić information content (AvgIpc) is 2.49. The molecule has 1 amide bonds. The molecule has 4 nitrogen and oxygen atoms in total. The molecule has 0 saturated carbocycles. The van der Waals surface area contributed by atoms with Crippen LogP contribution in [0.25, 0.3) is 0 Å². The van der Waals surface area contributed by atoms with Gasteiger partial charge in [-0.25, -0.2) is 0 Å². The molecule has 24 heavy (non-hydrogen) atoms. The van der Waals surface area contributed by atoms with E-state index < -0.39 is 5.97 Å². The molecule has 0 aliphatic carbocycles. The standard InChI is InChI=1S/C18H35NO3.Au.Na.H/c1-3-5-6-7-8-9-10-11-12-13-14-15-17(20)19(4-2)16-18(21)22;;;/h3-16H2,1-2H3,(H,21,22);;;/q;;+1;-1. The van der Waals surface area contributed by atoms with Gasteiger partial charge >= 0.3 is 35.5 Å². The van der Waals surface area contributed by atoms with Crippen LogP contribution in [0.5, 0.6) is 0 Å². The van der Waals surface area contributed by atoms with E-state index in [-0.39, 0.29) is 65.8 Å². The predicted molar refractivity (Wildman–Crippen MR) is 92.1 cm³/mol. The number of rotatable bonds is 15. The third-order valence-corrected chi connectivity index (χ3v) is 4.05. The minimum atomic E-state index is -0.936. The number of likely N-dealkylation sites (N-methyl/N-ethyl adjacent to an activating group) is 1. The monoisotopic (exact) mass is 534 g/mol. The quantitative estimate of drug-likeness (QED) is 0.257. The van der Waals surface area contributed by atoms with Crippen LogP contribution in [-0.2, 0) is 32.0 Å². The Bertz CT molecular complexity index is 310. The first-order chi connectivity index (χ1) is 10.6. The fourth-order valence-electron chi connectivity index (χ4n) is 2.64. The Balaban J connectivity index is -0.000000735. The number of aliphatic carboxylic acids is 1. The molecule has 0 aliphatic heterocycles. The van der Waals surface area contributed by atoms with Crippen molar-refractivity contribution < 1.29 is 68.1 Å². The van der Waals surface area contributed by atoms with E-state index in [0.29, 0.717) is 13.0 Å². The summed E-state index contributed by atoms with van der Waals surface area (Å²) < 4.78 is 0. The van der Waals surface area contributed by atoms with Gasteiger partial charge in [0.25, 0.3) is 0 Å². The molecule has 0 aromatic heterocycles. The van der Waals surface area contributed by atoms with E-state index in [1.807, 2.05) is 6.92 Å². The van der Waals surface area contributed by atoms with Gasteiger partial charge in [-0.3, -0.25) is 9.59 Å². The fourth-order valence-corrected chi connectivity index (χ4v) is 2.64. The van der Waals surface area contributed by atoms with E-state index >= 15 is 0 Å². The van der Waals surface area contributed by atoms with Gasteiger partial charge < -0.3 is 11.4 Å². The van der Waals surface area contributed by atoms with E-state index in [1.165, 1.54) is 62.7 Å². The Morgan fingerprint density at radius 3 is 1.62 bits per heavy atom. The van der Waals surface area contributed by atoms with Crippen molar-refractivity contribution >= 4 is 11.9 Å². The molecule has 0 saturated heterocycles. The molecule has 0 atom stereocenters. The van der Waals surface area contributed by atoms with E-state index in [0.717, 1.165) is 12.8 Å². The van der Waals surface area contributed by atoms with Crippen LogP contribution in [0.2, 0.25) is 0 Å². The third-order valence-electron chi connectivity index (χ3n) is 4.05. The van der Waals surface area contributed by atoms with Gasteiger partial charge in [0.15, 0.2) is 0 Å². The van der Waals surface area contributed by atoms with Crippen LogP contribution in [0.1, 0.15) is 92.3 Å². The van der Waals surface area contributed by atoms with Gasteiger partial charge in [-0.2, -0.15) is 0 Å². The Morgan fingerprint density at radius 2 is 1.25 bits per heavy atom. The number of carboxylic acids is 1. The van der Waals surface area contributed by atoms with Crippen LogP contribution in [0.3, 0.4) is 0 Å². The minimum Gasteiger partial charge on any atom is -1.00 e. The summed E-state index contributed by atoms with van der Waals surface area (Å²) in [6, 6.07) is 0. The molecular formula is C18H36AuNNaO3. The summed E-state index contributed by atoms with van der Waals surface area (Å²) in [6.45, 7) is 4.37. The van der Waals surface area contributed by atoms with Gasteiger partial charge in [0, 0.05) is 35.3 Å². The molecule has 6 heteroatoms. The van der Waals surface area contributed by atoms with Gasteiger partial charge in [-0.15, -0.1) is 0 Å². The van der Waals surface area contributed by atoms with Crippen LogP contribution < -0.4 is 29.6 Å². The molecule has 0 aromatic carbocycles. The zero-order valence-corrected chi connectivity index (χ0v) is 20.1. The number of hydrogen-bond donors (Lipinski definition) is 1. The molecule has 0 rings (SSSR count). The van der Waals surface area contributed by atoms with Crippen molar-refractivity contribution in [2.45, 2.75) is 90.9 Å². The van der Waals surface area contributed by atoms with Gasteiger partial charge in [0.2, 0.25) is 5.91 Å². The first-order valence-electron chi connectivity index (χ1n) is 9.11. The van der Waals surface area contributed by atoms with Gasteiger partial charge in [0.05, 0.1) is 0 Å². The number of amides is 1. The van der Waals surface area contributed by atoms with Crippen LogP contribution in [0.15, 0.2) is 0 Å². The van der Waals surface area contributed by atoms with Gasteiger partial charge in [0.1, 0.15) is 6.54 Å². The van der Waals surface area contributed by atoms with E-state index in [2.05, 4.69) is 6.92 Å². The number of carboxylic acid groups (broad SMARTS) is 1. The first-order valence-corrected chi connectivity index (χ1v) is 9.11. The smallest absolute Gasteiger partial charge is 1.00 e. The van der Waals surface area contributed by atoms with E-state index in [1.54, 1.807) is 0 Å². The topological polar surface area (TPSA) is 57.6 Å². The van der Waals surface area contributed by atoms with Crippen LogP contribution in [0, 0.1) is 0 Å². The van der Waals surface area contributed by atoms with Crippen molar-refractivity contribution in [3.63, 3.8) is 0 Å². The largest absolute Gasteiger partial charge is 1.00 e. The Kier molecular flexibility index (Phi) is 26.6. The average molecular weight is 534 g/mol. The van der Waals surface area contributed by atoms with Crippen molar-refractivity contribution in [2.75, 3.05) is 13.1 Å². The number of carbonyl (C=O) groups is 2. The molecule has 0 unspecified atom stereocenters. The number of carbonyl (C=O) groups excluding carboxylic acids is 1. The summed E-state index contributed by atoms with van der Waals surface area (Å²) in [5.41, 5.74) is 0. The van der Waals surface area contributed by atoms with Gasteiger partial charge in [-0.1, -0.05) is 71.1 Å². The summed E-state index contributed by atoms with van der Waals surface area (Å²) in [5.74, 6) is -0.963. The molecule has 1 N–H and O–H groups in total. The van der Waals surface area contributed by atoms with Crippen molar-refractivity contribution in [3.05, 3.63) is 0 Å². The second-order valence-electron chi connectivity index (χ2n) is 6.09. The zero-order chi connectivity index (χ0) is 16.6. The van der Waals surface area contributed by atoms with Crippen LogP contribution >= 0.6 is 0 Å². The van der Waals surface area contributed by atoms with Crippen molar-refractivity contribution in [1.82, 2.24) is 4.90 Å². The Morgan fingerprint density at radius 1 is 0.833 bits per heavy atom. The molecule has 0 aliphatic rings. The molecule has 0 bridgehead atoms. The Labute approximate surface area is 187 Å². The molecule has 0 aromatic rings. The fraction of sp³-hybridized carbons (Fsp3) is 0.889. The maximum atomic E-state index is 11.8. The second kappa shape index (κ2) is 21.7. The molecule has 0 heterocycles. The summed E-state index contributed by atoms with van der Waals surface area (Å²) in [7, 11) is 0. The number of hydrogen-bond acceptors (Lipinski definition) is 2. The van der Waals surface area contributed by atoms with E-state index in [9.17, 15) is 9.59 Å². The summed E-state index contributed by atoms with van der Waals surface area (Å²) in [6.07, 6.45) is 14.3. The van der Waals surface area contributed by atoms with Crippen molar-refractivity contribution in [3.8, 4) is 0 Å². The minimum absolute atomic E-state index is 0. The summed E-state index contributed by atoms with van der Waals surface area (Å²) in [5, 5.41) is 8.73. The number of nitrogens with zero attached hydrogens (tertiary/aromatic N) is 1. The van der Waals surface area contributed by atoms with Gasteiger partial charge in [-0.05, 0) is 13.3 Å². The van der Waals surface area contributed by atoms with E-state index in [4.69, 9.17) is 5.11 Å². The van der Waals surface area contributed by atoms with Crippen molar-refractivity contribution in [2.24, 2.45) is 0 Å². The molecular weight excluding hydrogens is 498 g/mol. The molecule has 0 spiro atoms. The predicted octanol–water partition coefficient (Wildman–Crippen LogP) is 1.73. The maximum Gasteiger partial charge on any atom is 1.00 e. The normalized spacial score (nSPS) is 9.75. The molecule has 0 fully saturated rings. The summed E-state index contributed by atoms with van der Waals surface area (Å²) in [4.78, 5) is 23.9. The SMILES string of the molecule is CCCCCCCCCCCCCC(=O)N(CC)CC(=O)O.[Au].[H-].[Na+]. The summed E-state index contributed by atoms with van der Waals surface area (Å²) >= 11 is 0. The number of unbranched alkanes of at least 4 members (excludes halogenated alkanes) is 10. The third kappa shape index (κ3) is 19.0. The van der Waals surface area contributed by atoms with Crippen LogP contribution in [-0.4, -0.2) is 35.0 Å². The van der Waals surface area contributed by atoms with Crippen LogP contribution in [0.4, 0.5) is 0 Å². The zero-order valence-electron chi connectivity index (χ0n) is 16.9.